The van der Waals surface area contributed by atoms with E-state index in [0.29, 0.717) is 17.9 Å². The van der Waals surface area contributed by atoms with Crippen molar-refractivity contribution in [1.82, 2.24) is 25.7 Å². The van der Waals surface area contributed by atoms with Gasteiger partial charge in [-0.05, 0) is 32.2 Å². The van der Waals surface area contributed by atoms with E-state index >= 15 is 0 Å². The van der Waals surface area contributed by atoms with Gasteiger partial charge in [0.2, 0.25) is 0 Å². The van der Waals surface area contributed by atoms with Gasteiger partial charge in [0.1, 0.15) is 6.04 Å². The second-order valence-corrected chi connectivity index (χ2v) is 7.54. The van der Waals surface area contributed by atoms with Crippen LogP contribution in [-0.2, 0) is 24.3 Å². The van der Waals surface area contributed by atoms with E-state index in [1.165, 1.54) is 11.9 Å². The van der Waals surface area contributed by atoms with Gasteiger partial charge in [0.05, 0.1) is 12.1 Å². The van der Waals surface area contributed by atoms with Crippen LogP contribution in [0.2, 0.25) is 0 Å². The minimum Gasteiger partial charge on any atom is -0.309 e. The monoisotopic (exact) mass is 391 g/mol. The first-order valence-corrected chi connectivity index (χ1v) is 9.62. The van der Waals surface area contributed by atoms with Gasteiger partial charge in [0.15, 0.2) is 0 Å². The van der Waals surface area contributed by atoms with Crippen molar-refractivity contribution < 1.29 is 31.6 Å². The molecule has 0 aromatic rings. The number of likely N-dealkylation sites (N-methyl/N-ethyl adjacent to an activating group) is 1. The average molecular weight is 391 g/mol. The summed E-state index contributed by atoms with van der Waals surface area (Å²) in [5.74, 6) is -0.812. The van der Waals surface area contributed by atoms with Gasteiger partial charge < -0.3 is 10.2 Å². The third-order valence-corrected chi connectivity index (χ3v) is 5.12. The van der Waals surface area contributed by atoms with Crippen LogP contribution < -0.4 is 10.7 Å². The first kappa shape index (κ1) is 18.8. The summed E-state index contributed by atoms with van der Waals surface area (Å²) in [6.45, 7) is 0.836. The highest BCUT2D eigenvalue weighted by atomic mass is 32.3. The lowest BCUT2D eigenvalue weighted by Gasteiger charge is -2.31. The normalized spacial score (nSPS) is 28.4. The van der Waals surface area contributed by atoms with E-state index in [1.54, 1.807) is 0 Å². The summed E-state index contributed by atoms with van der Waals surface area (Å²) < 4.78 is 34.8. The quantitative estimate of drug-likeness (QED) is 0.377. The number of fused-ring (bicyclic) bond motifs is 2. The van der Waals surface area contributed by atoms with Gasteiger partial charge >= 0.3 is 16.4 Å². The molecule has 3 fully saturated rings. The Morgan fingerprint density at radius 2 is 2.08 bits per heavy atom. The number of rotatable bonds is 4. The number of hydrogen-bond acceptors (Lipinski definition) is 7. The number of carbonyl (C=O) groups excluding carboxylic acids is 3. The Hall–Kier alpha value is -1.96. The zero-order chi connectivity index (χ0) is 19.1. The molecule has 3 heterocycles. The smallest absolute Gasteiger partial charge is 0.309 e. The van der Waals surface area contributed by atoms with Gasteiger partial charge in [-0.3, -0.25) is 24.6 Å². The molecule has 0 aromatic carbocycles. The van der Waals surface area contributed by atoms with E-state index in [1.807, 2.05) is 0 Å². The molecule has 1 unspecified atom stereocenters. The van der Waals surface area contributed by atoms with E-state index in [9.17, 15) is 22.8 Å². The summed E-state index contributed by atoms with van der Waals surface area (Å²) in [4.78, 5) is 38.2. The molecule has 0 aromatic heterocycles. The van der Waals surface area contributed by atoms with E-state index in [2.05, 4.69) is 15.0 Å². The summed E-state index contributed by atoms with van der Waals surface area (Å²) in [6.07, 6.45) is 2.17. The van der Waals surface area contributed by atoms with Crippen molar-refractivity contribution in [2.24, 2.45) is 0 Å². The number of urea groups is 1. The lowest BCUT2D eigenvalue weighted by atomic mass is 10.0. The highest BCUT2D eigenvalue weighted by molar-refractivity contribution is 7.80. The number of nitrogens with zero attached hydrogens (tertiary/aromatic N) is 3. The molecular weight excluding hydrogens is 370 g/mol. The molecule has 0 spiro atoms. The molecule has 146 valence electrons. The zero-order valence-corrected chi connectivity index (χ0v) is 14.9. The number of nitrogens with one attached hydrogen (secondary N) is 2. The zero-order valence-electron chi connectivity index (χ0n) is 14.1. The van der Waals surface area contributed by atoms with Crippen LogP contribution in [0.3, 0.4) is 0 Å². The minimum atomic E-state index is -4.84. The molecule has 0 radical (unpaired) electrons. The summed E-state index contributed by atoms with van der Waals surface area (Å²) in [7, 11) is -3.40. The molecule has 2 bridgehead atoms. The van der Waals surface area contributed by atoms with Crippen molar-refractivity contribution in [2.75, 3.05) is 20.1 Å². The predicted molar refractivity (Wildman–Crippen MR) is 85.3 cm³/mol. The van der Waals surface area contributed by atoms with E-state index < -0.39 is 34.4 Å². The highest BCUT2D eigenvalue weighted by Gasteiger charge is 2.49. The van der Waals surface area contributed by atoms with E-state index in [-0.39, 0.29) is 24.9 Å². The van der Waals surface area contributed by atoms with Gasteiger partial charge in [0, 0.05) is 13.6 Å². The van der Waals surface area contributed by atoms with E-state index in [4.69, 9.17) is 4.55 Å². The van der Waals surface area contributed by atoms with Crippen molar-refractivity contribution in [3.63, 3.8) is 0 Å². The van der Waals surface area contributed by atoms with Gasteiger partial charge in [-0.2, -0.15) is 13.5 Å². The molecule has 3 atom stereocenters. The molecule has 3 aliphatic heterocycles. The molecule has 3 saturated heterocycles. The van der Waals surface area contributed by atoms with Crippen molar-refractivity contribution in [3.05, 3.63) is 0 Å². The van der Waals surface area contributed by atoms with Crippen LogP contribution in [0, 0.1) is 0 Å². The lowest BCUT2D eigenvalue weighted by molar-refractivity contribution is -0.143. The number of hydrazine groups is 1. The largest absolute Gasteiger partial charge is 0.418 e. The number of hydroxylamine groups is 2. The molecular formula is C13H21N5O7S. The van der Waals surface area contributed by atoms with Gasteiger partial charge in [-0.15, -0.1) is 4.28 Å². The lowest BCUT2D eigenvalue weighted by Crippen LogP contribution is -2.56. The predicted octanol–water partition coefficient (Wildman–Crippen LogP) is -1.77. The van der Waals surface area contributed by atoms with Gasteiger partial charge in [0.25, 0.3) is 11.8 Å². The first-order chi connectivity index (χ1) is 12.2. The van der Waals surface area contributed by atoms with Gasteiger partial charge in [-0.1, -0.05) is 0 Å². The Morgan fingerprint density at radius 1 is 1.35 bits per heavy atom. The maximum absolute atomic E-state index is 12.5. The standard InChI is InChI=1S/C13H21N5O7S/c1-16(12(20)9-3-2-6-14-9)15-11(19)10-5-4-8-7-17(10)13(21)18(8)25-26(22,23)24/h8-10,14H,2-7H2,1H3,(H,15,19)(H,22,23,24)/t8-,9?,10+/m1/s1. The molecule has 13 heteroatoms. The van der Waals surface area contributed by atoms with Crippen LogP contribution in [0.25, 0.3) is 0 Å². The molecule has 0 aliphatic carbocycles. The number of piperidine rings is 1. The molecule has 26 heavy (non-hydrogen) atoms. The molecule has 12 nitrogen and oxygen atoms in total. The fraction of sp³-hybridized carbons (Fsp3) is 0.769. The number of carbonyl (C=O) groups is 3. The van der Waals surface area contributed by atoms with Crippen molar-refractivity contribution in [3.8, 4) is 0 Å². The molecule has 0 saturated carbocycles. The Morgan fingerprint density at radius 3 is 2.69 bits per heavy atom. The molecule has 4 amide bonds. The molecule has 3 aliphatic rings. The summed E-state index contributed by atoms with van der Waals surface area (Å²) in [5.41, 5.74) is 2.48. The fourth-order valence-electron chi connectivity index (χ4n) is 3.53. The SMILES string of the molecule is CN(NC(=O)[C@@H]1CC[C@@H]2CN1C(=O)N2OS(=O)(=O)O)C(=O)C1CCCN1. The summed E-state index contributed by atoms with van der Waals surface area (Å²) in [5, 5.41) is 4.71. The summed E-state index contributed by atoms with van der Waals surface area (Å²) in [6, 6.07) is -2.60. The van der Waals surface area contributed by atoms with E-state index in [0.717, 1.165) is 18.0 Å². The Bertz CT molecular complexity index is 708. The fourth-order valence-corrected chi connectivity index (χ4v) is 3.92. The third-order valence-electron chi connectivity index (χ3n) is 4.77. The molecule has 3 rings (SSSR count). The Balaban J connectivity index is 1.62. The van der Waals surface area contributed by atoms with Crippen molar-refractivity contribution >= 4 is 28.2 Å². The van der Waals surface area contributed by atoms with Crippen LogP contribution in [0.5, 0.6) is 0 Å². The Kier molecular flexibility index (Phi) is 5.05. The van der Waals surface area contributed by atoms with Crippen LogP contribution in [0.4, 0.5) is 4.79 Å². The second kappa shape index (κ2) is 6.98. The minimum absolute atomic E-state index is 0.0915. The topological polar surface area (TPSA) is 149 Å². The van der Waals surface area contributed by atoms with Crippen LogP contribution in [-0.4, -0.2) is 84.1 Å². The first-order valence-electron chi connectivity index (χ1n) is 8.25. The van der Waals surface area contributed by atoms with Crippen molar-refractivity contribution in [2.45, 2.75) is 43.8 Å². The maximum atomic E-state index is 12.5. The number of hydrogen-bond donors (Lipinski definition) is 3. The second-order valence-electron chi connectivity index (χ2n) is 6.53. The maximum Gasteiger partial charge on any atom is 0.418 e. The van der Waals surface area contributed by atoms with Crippen molar-refractivity contribution in [1.29, 1.82) is 0 Å². The summed E-state index contributed by atoms with van der Waals surface area (Å²) >= 11 is 0. The average Bonchev–Trinajstić information content (AvgIpc) is 3.17. The van der Waals surface area contributed by atoms with Gasteiger partial charge in [-0.25, -0.2) is 4.79 Å². The Labute approximate surface area is 150 Å². The third kappa shape index (κ3) is 3.75. The van der Waals surface area contributed by atoms with Crippen LogP contribution in [0.15, 0.2) is 0 Å². The number of amides is 4. The van der Waals surface area contributed by atoms with Crippen LogP contribution >= 0.6 is 0 Å². The van der Waals surface area contributed by atoms with Crippen LogP contribution in [0.1, 0.15) is 25.7 Å². The highest BCUT2D eigenvalue weighted by Crippen LogP contribution is 2.30. The molecule has 3 N–H and O–H groups in total.